The van der Waals surface area contributed by atoms with E-state index in [-0.39, 0.29) is 18.5 Å². The molecule has 7 heteroatoms. The molecule has 1 amide bonds. The van der Waals surface area contributed by atoms with Crippen LogP contribution in [0.15, 0.2) is 30.3 Å². The summed E-state index contributed by atoms with van der Waals surface area (Å²) in [4.78, 5) is 27.8. The number of likely N-dealkylation sites (N-methyl/N-ethyl adjacent to an activating group) is 1. The molecule has 0 aliphatic rings. The fraction of sp³-hybridized carbons (Fsp3) is 0.429. The highest BCUT2D eigenvalue weighted by molar-refractivity contribution is 7.16. The first-order valence-electron chi connectivity index (χ1n) is 9.34. The summed E-state index contributed by atoms with van der Waals surface area (Å²) in [7, 11) is 4.03. The van der Waals surface area contributed by atoms with Gasteiger partial charge in [0.15, 0.2) is 0 Å². The zero-order valence-corrected chi connectivity index (χ0v) is 18.0. The average molecular weight is 404 g/mol. The maximum atomic E-state index is 12.4. The van der Waals surface area contributed by atoms with Crippen molar-refractivity contribution in [2.45, 2.75) is 26.8 Å². The van der Waals surface area contributed by atoms with Crippen LogP contribution in [0.2, 0.25) is 0 Å². The summed E-state index contributed by atoms with van der Waals surface area (Å²) >= 11 is 1.40. The molecule has 0 fully saturated rings. The minimum absolute atomic E-state index is 0.162. The van der Waals surface area contributed by atoms with E-state index in [1.165, 1.54) is 16.9 Å². The van der Waals surface area contributed by atoms with Crippen molar-refractivity contribution < 1.29 is 14.3 Å². The topological polar surface area (TPSA) is 70.7 Å². The number of anilines is 1. The first-order chi connectivity index (χ1) is 13.3. The number of amides is 1. The Hall–Kier alpha value is -2.22. The van der Waals surface area contributed by atoms with Crippen molar-refractivity contribution in [1.29, 1.82) is 0 Å². The molecule has 28 heavy (non-hydrogen) atoms. The quantitative estimate of drug-likeness (QED) is 0.628. The third kappa shape index (κ3) is 5.64. The van der Waals surface area contributed by atoms with Crippen LogP contribution in [-0.2, 0) is 9.53 Å². The predicted octanol–water partition coefficient (Wildman–Crippen LogP) is 3.37. The monoisotopic (exact) mass is 403 g/mol. The van der Waals surface area contributed by atoms with Gasteiger partial charge in [0.2, 0.25) is 5.91 Å². The molecule has 2 N–H and O–H groups in total. The van der Waals surface area contributed by atoms with Crippen LogP contribution in [-0.4, -0.2) is 50.6 Å². The summed E-state index contributed by atoms with van der Waals surface area (Å²) in [6.45, 7) is 6.66. The Morgan fingerprint density at radius 1 is 1.18 bits per heavy atom. The average Bonchev–Trinajstić information content (AvgIpc) is 2.93. The van der Waals surface area contributed by atoms with E-state index in [9.17, 15) is 9.59 Å². The number of hydrogen-bond donors (Lipinski definition) is 2. The van der Waals surface area contributed by atoms with Gasteiger partial charge in [-0.05, 0) is 46.0 Å². The van der Waals surface area contributed by atoms with E-state index in [1.54, 1.807) is 6.92 Å². The molecule has 0 unspecified atom stereocenters. The van der Waals surface area contributed by atoms with Crippen molar-refractivity contribution in [3.63, 3.8) is 0 Å². The molecule has 0 radical (unpaired) electrons. The number of benzene rings is 1. The Bertz CT molecular complexity index is 803. The second kappa shape index (κ2) is 10.4. The minimum Gasteiger partial charge on any atom is -0.462 e. The van der Waals surface area contributed by atoms with Gasteiger partial charge in [-0.15, -0.1) is 11.3 Å². The Kier molecular flexibility index (Phi) is 8.17. The van der Waals surface area contributed by atoms with E-state index in [4.69, 9.17) is 4.74 Å². The fourth-order valence-electron chi connectivity index (χ4n) is 2.93. The predicted molar refractivity (Wildman–Crippen MR) is 114 cm³/mol. The smallest absolute Gasteiger partial charge is 0.341 e. The van der Waals surface area contributed by atoms with Gasteiger partial charge in [0.25, 0.3) is 0 Å². The lowest BCUT2D eigenvalue weighted by Crippen LogP contribution is -2.35. The number of carbonyl (C=O) groups is 2. The van der Waals surface area contributed by atoms with Crippen LogP contribution in [0.3, 0.4) is 0 Å². The normalized spacial score (nSPS) is 12.1. The van der Waals surface area contributed by atoms with E-state index in [0.29, 0.717) is 23.7 Å². The van der Waals surface area contributed by atoms with Gasteiger partial charge in [0.1, 0.15) is 5.00 Å². The highest BCUT2D eigenvalue weighted by atomic mass is 32.1. The number of thiophene rings is 1. The van der Waals surface area contributed by atoms with E-state index in [0.717, 1.165) is 10.4 Å². The van der Waals surface area contributed by atoms with Crippen molar-refractivity contribution in [3.05, 3.63) is 51.9 Å². The van der Waals surface area contributed by atoms with Crippen molar-refractivity contribution >= 4 is 28.2 Å². The van der Waals surface area contributed by atoms with E-state index in [1.807, 2.05) is 46.1 Å². The molecule has 152 valence electrons. The largest absolute Gasteiger partial charge is 0.462 e. The van der Waals surface area contributed by atoms with Gasteiger partial charge in [0, 0.05) is 17.5 Å². The van der Waals surface area contributed by atoms with Crippen molar-refractivity contribution in [3.8, 4) is 0 Å². The summed E-state index contributed by atoms with van der Waals surface area (Å²) in [5, 5.41) is 6.62. The standard InChI is InChI=1S/C21H29N3O3S/c1-6-27-21(26)19-14(2)15(3)28-20(19)23-18(25)13-22-12-17(24(4)5)16-10-8-7-9-11-16/h7-11,17,22H,6,12-13H2,1-5H3,(H,23,25)/t17-/m1/s1. The number of hydrogen-bond acceptors (Lipinski definition) is 6. The SMILES string of the molecule is CCOC(=O)c1c(NC(=O)CNC[C@H](c2ccccc2)N(C)C)sc(C)c1C. The Morgan fingerprint density at radius 2 is 1.86 bits per heavy atom. The zero-order valence-electron chi connectivity index (χ0n) is 17.2. The number of ether oxygens (including phenoxy) is 1. The maximum absolute atomic E-state index is 12.4. The van der Waals surface area contributed by atoms with Gasteiger partial charge in [-0.2, -0.15) is 0 Å². The van der Waals surface area contributed by atoms with Crippen molar-refractivity contribution in [2.75, 3.05) is 39.1 Å². The summed E-state index contributed by atoms with van der Waals surface area (Å²) in [5.41, 5.74) is 2.49. The molecule has 1 heterocycles. The highest BCUT2D eigenvalue weighted by Crippen LogP contribution is 2.33. The van der Waals surface area contributed by atoms with Crippen LogP contribution < -0.4 is 10.6 Å². The fourth-order valence-corrected chi connectivity index (χ4v) is 4.00. The van der Waals surface area contributed by atoms with Crippen LogP contribution in [0.4, 0.5) is 5.00 Å². The van der Waals surface area contributed by atoms with E-state index < -0.39 is 5.97 Å². The Labute approximate surface area is 170 Å². The highest BCUT2D eigenvalue weighted by Gasteiger charge is 2.22. The molecule has 6 nitrogen and oxygen atoms in total. The summed E-state index contributed by atoms with van der Waals surface area (Å²) in [6, 6.07) is 10.3. The number of nitrogens with zero attached hydrogens (tertiary/aromatic N) is 1. The molecule has 1 atom stereocenters. The minimum atomic E-state index is -0.399. The van der Waals surface area contributed by atoms with Crippen molar-refractivity contribution in [1.82, 2.24) is 10.2 Å². The molecule has 1 aromatic carbocycles. The van der Waals surface area contributed by atoms with Crippen LogP contribution in [0, 0.1) is 13.8 Å². The van der Waals surface area contributed by atoms with Gasteiger partial charge in [0.05, 0.1) is 18.7 Å². The molecular formula is C21H29N3O3S. The molecule has 0 saturated carbocycles. The molecule has 0 aliphatic heterocycles. The summed E-state index contributed by atoms with van der Waals surface area (Å²) in [6.07, 6.45) is 0. The Balaban J connectivity index is 1.97. The maximum Gasteiger partial charge on any atom is 0.341 e. The van der Waals surface area contributed by atoms with Gasteiger partial charge < -0.3 is 20.3 Å². The zero-order chi connectivity index (χ0) is 20.7. The van der Waals surface area contributed by atoms with Gasteiger partial charge in [-0.3, -0.25) is 4.79 Å². The second-order valence-electron chi connectivity index (χ2n) is 6.78. The van der Waals surface area contributed by atoms with Gasteiger partial charge in [-0.1, -0.05) is 30.3 Å². The molecule has 1 aromatic heterocycles. The van der Waals surface area contributed by atoms with E-state index >= 15 is 0 Å². The Morgan fingerprint density at radius 3 is 2.46 bits per heavy atom. The lowest BCUT2D eigenvalue weighted by atomic mass is 10.1. The molecule has 0 aliphatic carbocycles. The summed E-state index contributed by atoms with van der Waals surface area (Å²) in [5.74, 6) is -0.582. The number of esters is 1. The van der Waals surface area contributed by atoms with Gasteiger partial charge >= 0.3 is 5.97 Å². The molecule has 2 rings (SSSR count). The number of aryl methyl sites for hydroxylation is 1. The van der Waals surface area contributed by atoms with Crippen LogP contribution in [0.25, 0.3) is 0 Å². The lowest BCUT2D eigenvalue weighted by molar-refractivity contribution is -0.115. The lowest BCUT2D eigenvalue weighted by Gasteiger charge is -2.25. The first-order valence-corrected chi connectivity index (χ1v) is 10.2. The molecule has 2 aromatic rings. The van der Waals surface area contributed by atoms with Crippen LogP contribution >= 0.6 is 11.3 Å². The van der Waals surface area contributed by atoms with Gasteiger partial charge in [-0.25, -0.2) is 4.79 Å². The number of nitrogens with one attached hydrogen (secondary N) is 2. The molecular weight excluding hydrogens is 374 g/mol. The third-order valence-corrected chi connectivity index (χ3v) is 5.67. The number of carbonyl (C=O) groups excluding carboxylic acids is 2. The van der Waals surface area contributed by atoms with E-state index in [2.05, 4.69) is 27.7 Å². The van der Waals surface area contributed by atoms with Crippen LogP contribution in [0.5, 0.6) is 0 Å². The van der Waals surface area contributed by atoms with Crippen LogP contribution in [0.1, 0.15) is 39.3 Å². The number of rotatable bonds is 9. The third-order valence-electron chi connectivity index (χ3n) is 4.55. The second-order valence-corrected chi connectivity index (χ2v) is 8.00. The van der Waals surface area contributed by atoms with Crippen molar-refractivity contribution in [2.24, 2.45) is 0 Å². The molecule has 0 bridgehead atoms. The molecule has 0 saturated heterocycles. The first kappa shape index (κ1) is 22.1. The summed E-state index contributed by atoms with van der Waals surface area (Å²) < 4.78 is 5.13. The molecule has 0 spiro atoms.